The first-order valence-electron chi connectivity index (χ1n) is 9.39. The standard InChI is InChI=1S/C20H21F3N4O2/c1-4-29-14-8-6-5-7-11(14)16-15-12(9-19(2,3)10-13(15)28)24-18-25-17(20(21,22)23)26-27(16)18/h5-8,16H,4,9-10H2,1-3H3,(H,24,25,26)/t16-/m1/s1. The van der Waals surface area contributed by atoms with Gasteiger partial charge in [-0.2, -0.15) is 18.2 Å². The molecule has 0 saturated carbocycles. The van der Waals surface area contributed by atoms with E-state index in [2.05, 4.69) is 15.4 Å². The number of hydrogen-bond donors (Lipinski definition) is 1. The highest BCUT2D eigenvalue weighted by molar-refractivity contribution is 6.00. The van der Waals surface area contributed by atoms with Crippen molar-refractivity contribution in [1.82, 2.24) is 14.8 Å². The number of fused-ring (bicyclic) bond motifs is 1. The van der Waals surface area contributed by atoms with E-state index >= 15 is 0 Å². The van der Waals surface area contributed by atoms with Gasteiger partial charge >= 0.3 is 6.18 Å². The number of Topliss-reactive ketones (excluding diaryl/α,β-unsaturated/α-hetero) is 1. The van der Waals surface area contributed by atoms with Gasteiger partial charge in [-0.1, -0.05) is 32.0 Å². The maximum Gasteiger partial charge on any atom is 0.453 e. The number of carbonyl (C=O) groups is 1. The molecule has 2 heterocycles. The number of ketones is 1. The molecule has 29 heavy (non-hydrogen) atoms. The summed E-state index contributed by atoms with van der Waals surface area (Å²) in [6.07, 6.45) is -3.87. The maximum atomic E-state index is 13.3. The molecule has 9 heteroatoms. The van der Waals surface area contributed by atoms with Crippen LogP contribution in [0, 0.1) is 5.41 Å². The van der Waals surface area contributed by atoms with Crippen LogP contribution in [0.3, 0.4) is 0 Å². The first-order valence-corrected chi connectivity index (χ1v) is 9.39. The number of hydrogen-bond acceptors (Lipinski definition) is 5. The monoisotopic (exact) mass is 406 g/mol. The summed E-state index contributed by atoms with van der Waals surface area (Å²) in [4.78, 5) is 16.8. The van der Waals surface area contributed by atoms with Gasteiger partial charge in [0, 0.05) is 23.3 Å². The van der Waals surface area contributed by atoms with Crippen molar-refractivity contribution in [2.75, 3.05) is 11.9 Å². The average molecular weight is 406 g/mol. The molecule has 1 N–H and O–H groups in total. The number of allylic oxidation sites excluding steroid dienone is 2. The highest BCUT2D eigenvalue weighted by Crippen LogP contribution is 2.47. The number of anilines is 1. The molecule has 2 aromatic rings. The zero-order chi connectivity index (χ0) is 21.0. The van der Waals surface area contributed by atoms with Gasteiger partial charge in [0.25, 0.3) is 5.82 Å². The number of rotatable bonds is 3. The summed E-state index contributed by atoms with van der Waals surface area (Å²) < 4.78 is 46.8. The Morgan fingerprint density at radius 1 is 1.28 bits per heavy atom. The lowest BCUT2D eigenvalue weighted by Crippen LogP contribution is -2.36. The van der Waals surface area contributed by atoms with E-state index in [-0.39, 0.29) is 17.1 Å². The Hall–Kier alpha value is -2.84. The van der Waals surface area contributed by atoms with E-state index in [1.54, 1.807) is 24.3 Å². The van der Waals surface area contributed by atoms with Gasteiger partial charge in [-0.05, 0) is 24.8 Å². The lowest BCUT2D eigenvalue weighted by molar-refractivity contribution is -0.145. The van der Waals surface area contributed by atoms with Crippen LogP contribution in [0.1, 0.15) is 51.0 Å². The van der Waals surface area contributed by atoms with E-state index in [1.807, 2.05) is 20.8 Å². The van der Waals surface area contributed by atoms with Crippen molar-refractivity contribution in [3.05, 3.63) is 46.9 Å². The molecule has 1 aromatic carbocycles. The zero-order valence-corrected chi connectivity index (χ0v) is 16.3. The molecule has 1 aliphatic carbocycles. The van der Waals surface area contributed by atoms with Crippen LogP contribution in [0.2, 0.25) is 0 Å². The van der Waals surface area contributed by atoms with Crippen LogP contribution in [-0.4, -0.2) is 27.2 Å². The minimum absolute atomic E-state index is 0.0297. The summed E-state index contributed by atoms with van der Waals surface area (Å²) in [5, 5.41) is 6.66. The summed E-state index contributed by atoms with van der Waals surface area (Å²) in [6, 6.07) is 6.19. The minimum atomic E-state index is -4.69. The van der Waals surface area contributed by atoms with Gasteiger partial charge in [0.1, 0.15) is 11.8 Å². The molecule has 6 nitrogen and oxygen atoms in total. The molecule has 4 rings (SSSR count). The lowest BCUT2D eigenvalue weighted by Gasteiger charge is -2.38. The normalized spacial score (nSPS) is 20.8. The van der Waals surface area contributed by atoms with Crippen LogP contribution in [0.4, 0.5) is 19.1 Å². The number of nitrogens with zero attached hydrogens (tertiary/aromatic N) is 3. The van der Waals surface area contributed by atoms with Crippen LogP contribution >= 0.6 is 0 Å². The van der Waals surface area contributed by atoms with Crippen LogP contribution in [0.15, 0.2) is 35.5 Å². The largest absolute Gasteiger partial charge is 0.494 e. The van der Waals surface area contributed by atoms with E-state index in [1.165, 1.54) is 0 Å². The Morgan fingerprint density at radius 3 is 2.69 bits per heavy atom. The Balaban J connectivity index is 1.94. The Morgan fingerprint density at radius 2 is 2.00 bits per heavy atom. The fourth-order valence-electron chi connectivity index (χ4n) is 4.01. The van der Waals surface area contributed by atoms with Gasteiger partial charge < -0.3 is 10.1 Å². The van der Waals surface area contributed by atoms with Crippen molar-refractivity contribution >= 4 is 11.7 Å². The number of alkyl halides is 3. The Kier molecular flexibility index (Phi) is 4.43. The second kappa shape index (κ2) is 6.60. The van der Waals surface area contributed by atoms with E-state index in [0.717, 1.165) is 4.68 Å². The fourth-order valence-corrected chi connectivity index (χ4v) is 4.01. The molecule has 154 valence electrons. The number of ether oxygens (including phenoxy) is 1. The minimum Gasteiger partial charge on any atom is -0.494 e. The van der Waals surface area contributed by atoms with Crippen molar-refractivity contribution in [2.24, 2.45) is 5.41 Å². The van der Waals surface area contributed by atoms with E-state index in [9.17, 15) is 18.0 Å². The van der Waals surface area contributed by atoms with Crippen molar-refractivity contribution < 1.29 is 22.7 Å². The van der Waals surface area contributed by atoms with Gasteiger partial charge in [-0.25, -0.2) is 4.68 Å². The van der Waals surface area contributed by atoms with E-state index in [0.29, 0.717) is 42.0 Å². The Labute approximate surface area is 165 Å². The molecule has 0 amide bonds. The number of aromatic nitrogens is 3. The molecule has 0 unspecified atom stereocenters. The van der Waals surface area contributed by atoms with Gasteiger partial charge in [0.15, 0.2) is 5.78 Å². The van der Waals surface area contributed by atoms with Gasteiger partial charge in [-0.3, -0.25) is 4.79 Å². The molecule has 0 fully saturated rings. The second-order valence-corrected chi connectivity index (χ2v) is 8.03. The number of benzene rings is 1. The predicted octanol–water partition coefficient (Wildman–Crippen LogP) is 4.35. The number of para-hydroxylation sites is 1. The highest BCUT2D eigenvalue weighted by atomic mass is 19.4. The third-order valence-electron chi connectivity index (χ3n) is 5.10. The highest BCUT2D eigenvalue weighted by Gasteiger charge is 2.45. The van der Waals surface area contributed by atoms with Crippen LogP contribution < -0.4 is 10.1 Å². The smallest absolute Gasteiger partial charge is 0.453 e. The summed E-state index contributed by atoms with van der Waals surface area (Å²) >= 11 is 0. The summed E-state index contributed by atoms with van der Waals surface area (Å²) in [6.45, 7) is 6.12. The zero-order valence-electron chi connectivity index (χ0n) is 16.3. The lowest BCUT2D eigenvalue weighted by atomic mass is 9.73. The summed E-state index contributed by atoms with van der Waals surface area (Å²) in [5.74, 6) is -0.889. The SMILES string of the molecule is CCOc1ccccc1[C@@H]1C2=C(CC(C)(C)CC2=O)Nc2nc(C(F)(F)F)nn21. The third-order valence-corrected chi connectivity index (χ3v) is 5.10. The number of carbonyl (C=O) groups excluding carboxylic acids is 1. The average Bonchev–Trinajstić information content (AvgIpc) is 3.04. The molecule has 0 radical (unpaired) electrons. The molecule has 0 bridgehead atoms. The van der Waals surface area contributed by atoms with Crippen LogP contribution in [0.5, 0.6) is 5.75 Å². The maximum absolute atomic E-state index is 13.3. The van der Waals surface area contributed by atoms with E-state index < -0.39 is 18.0 Å². The quantitative estimate of drug-likeness (QED) is 0.821. The first kappa shape index (κ1) is 19.5. The van der Waals surface area contributed by atoms with Crippen molar-refractivity contribution in [3.8, 4) is 5.75 Å². The summed E-state index contributed by atoms with van der Waals surface area (Å²) in [5.41, 5.74) is 1.29. The van der Waals surface area contributed by atoms with E-state index in [4.69, 9.17) is 4.74 Å². The molecule has 0 spiro atoms. The molecular weight excluding hydrogens is 385 g/mol. The number of nitrogens with one attached hydrogen (secondary N) is 1. The second-order valence-electron chi connectivity index (χ2n) is 8.03. The topological polar surface area (TPSA) is 69.0 Å². The molecule has 0 saturated heterocycles. The van der Waals surface area contributed by atoms with Crippen molar-refractivity contribution in [1.29, 1.82) is 0 Å². The molecule has 1 atom stereocenters. The van der Waals surface area contributed by atoms with Gasteiger partial charge in [0.05, 0.1) is 6.61 Å². The van der Waals surface area contributed by atoms with Crippen molar-refractivity contribution in [3.63, 3.8) is 0 Å². The van der Waals surface area contributed by atoms with Crippen molar-refractivity contribution in [2.45, 2.75) is 45.8 Å². The van der Waals surface area contributed by atoms with Crippen LogP contribution in [0.25, 0.3) is 0 Å². The number of halogens is 3. The molecule has 1 aliphatic heterocycles. The Bertz CT molecular complexity index is 1010. The molecule has 1 aromatic heterocycles. The first-order chi connectivity index (χ1) is 13.6. The molecule has 2 aliphatic rings. The third kappa shape index (κ3) is 3.38. The van der Waals surface area contributed by atoms with Gasteiger partial charge in [-0.15, -0.1) is 5.10 Å². The molecular formula is C20H21F3N4O2. The fraction of sp³-hybridized carbons (Fsp3) is 0.450. The van der Waals surface area contributed by atoms with Crippen LogP contribution in [-0.2, 0) is 11.0 Å². The summed E-state index contributed by atoms with van der Waals surface area (Å²) in [7, 11) is 0. The van der Waals surface area contributed by atoms with Gasteiger partial charge in [0.2, 0.25) is 5.95 Å². The predicted molar refractivity (Wildman–Crippen MR) is 99.4 cm³/mol.